The van der Waals surface area contributed by atoms with Crippen molar-refractivity contribution in [2.45, 2.75) is 38.0 Å². The fourth-order valence-corrected chi connectivity index (χ4v) is 6.10. The lowest BCUT2D eigenvalue weighted by atomic mass is 10.1. The average molecular weight is 445 g/mol. The number of amides is 1. The van der Waals surface area contributed by atoms with Crippen molar-refractivity contribution in [3.05, 3.63) is 47.3 Å². The molecule has 0 unspecified atom stereocenters. The quantitative estimate of drug-likeness (QED) is 0.727. The Morgan fingerprint density at radius 2 is 1.58 bits per heavy atom. The number of piperazine rings is 1. The van der Waals surface area contributed by atoms with Gasteiger partial charge in [-0.2, -0.15) is 4.31 Å². The van der Waals surface area contributed by atoms with Crippen molar-refractivity contribution in [2.75, 3.05) is 44.2 Å². The molecule has 0 radical (unpaired) electrons. The molecule has 0 saturated carbocycles. The Bertz CT molecular complexity index is 1060. The second kappa shape index (κ2) is 8.67. The van der Waals surface area contributed by atoms with E-state index in [0.717, 1.165) is 32.4 Å². The van der Waals surface area contributed by atoms with Gasteiger partial charge in [-0.05, 0) is 49.9 Å². The first-order valence-corrected chi connectivity index (χ1v) is 12.5. The number of hydrogen-bond donors (Lipinski definition) is 0. The molecule has 1 aromatic heterocycles. The van der Waals surface area contributed by atoms with Gasteiger partial charge in [0.1, 0.15) is 10.6 Å². The topological polar surface area (TPSA) is 65.9 Å². The zero-order chi connectivity index (χ0) is 22.2. The summed E-state index contributed by atoms with van der Waals surface area (Å²) in [5, 5.41) is 0. The minimum absolute atomic E-state index is 0.108. The van der Waals surface area contributed by atoms with Gasteiger partial charge >= 0.3 is 0 Å². The van der Waals surface area contributed by atoms with Crippen LogP contribution >= 0.6 is 0 Å². The zero-order valence-corrected chi connectivity index (χ0v) is 19.5. The molecule has 3 heterocycles. The number of benzene rings is 1. The van der Waals surface area contributed by atoms with Crippen LogP contribution in [0.15, 0.2) is 35.4 Å². The number of piperidine rings is 1. The molecule has 31 heavy (non-hydrogen) atoms. The van der Waals surface area contributed by atoms with Crippen molar-refractivity contribution in [1.82, 2.24) is 13.8 Å². The van der Waals surface area contributed by atoms with Gasteiger partial charge in [-0.3, -0.25) is 4.79 Å². The first kappa shape index (κ1) is 21.9. The molecule has 0 spiro atoms. The summed E-state index contributed by atoms with van der Waals surface area (Å²) >= 11 is 0. The fraction of sp³-hybridized carbons (Fsp3) is 0.522. The third-order valence-corrected chi connectivity index (χ3v) is 8.29. The van der Waals surface area contributed by atoms with E-state index in [1.165, 1.54) is 16.8 Å². The van der Waals surface area contributed by atoms with Crippen molar-refractivity contribution in [1.29, 1.82) is 0 Å². The van der Waals surface area contributed by atoms with E-state index in [-0.39, 0.29) is 10.8 Å². The Labute approximate surface area is 185 Å². The van der Waals surface area contributed by atoms with Crippen LogP contribution in [0.4, 0.5) is 5.69 Å². The van der Waals surface area contributed by atoms with Crippen LogP contribution in [0.25, 0.3) is 0 Å². The molecular formula is C23H32N4O3S. The van der Waals surface area contributed by atoms with Gasteiger partial charge in [-0.1, -0.05) is 18.6 Å². The largest absolute Gasteiger partial charge is 0.368 e. The van der Waals surface area contributed by atoms with Crippen molar-refractivity contribution in [3.63, 3.8) is 0 Å². The number of hydrogen-bond acceptors (Lipinski definition) is 4. The second-order valence-electron chi connectivity index (χ2n) is 8.71. The van der Waals surface area contributed by atoms with Gasteiger partial charge in [0.25, 0.3) is 5.91 Å². The molecule has 2 aliphatic heterocycles. The SMILES string of the molecule is Cc1ccc(C)c(N2CCN(C(=O)c3cc(S(=O)(=O)N4CCCCC4)cn3C)CC2)c1. The van der Waals surface area contributed by atoms with Crippen LogP contribution in [-0.2, 0) is 17.1 Å². The molecule has 2 aromatic rings. The average Bonchev–Trinajstić information content (AvgIpc) is 3.18. The molecule has 1 amide bonds. The number of carbonyl (C=O) groups is 1. The molecule has 0 N–H and O–H groups in total. The third-order valence-electron chi connectivity index (χ3n) is 6.42. The Morgan fingerprint density at radius 1 is 0.903 bits per heavy atom. The first-order valence-electron chi connectivity index (χ1n) is 11.1. The van der Waals surface area contributed by atoms with E-state index in [1.54, 1.807) is 28.2 Å². The van der Waals surface area contributed by atoms with Crippen LogP contribution in [0, 0.1) is 13.8 Å². The van der Waals surface area contributed by atoms with Crippen LogP contribution in [0.1, 0.15) is 40.9 Å². The smallest absolute Gasteiger partial charge is 0.270 e. The van der Waals surface area contributed by atoms with Gasteiger partial charge in [0, 0.05) is 58.2 Å². The highest BCUT2D eigenvalue weighted by molar-refractivity contribution is 7.89. The number of sulfonamides is 1. The molecule has 0 aliphatic carbocycles. The van der Waals surface area contributed by atoms with Crippen LogP contribution in [0.5, 0.6) is 0 Å². The molecule has 8 heteroatoms. The molecule has 0 bridgehead atoms. The highest BCUT2D eigenvalue weighted by atomic mass is 32.2. The van der Waals surface area contributed by atoms with E-state index in [1.807, 2.05) is 4.90 Å². The maximum atomic E-state index is 13.2. The summed E-state index contributed by atoms with van der Waals surface area (Å²) < 4.78 is 29.2. The van der Waals surface area contributed by atoms with Gasteiger partial charge in [-0.15, -0.1) is 0 Å². The van der Waals surface area contributed by atoms with E-state index in [2.05, 4.69) is 36.9 Å². The lowest BCUT2D eigenvalue weighted by Gasteiger charge is -2.37. The first-order chi connectivity index (χ1) is 14.8. The van der Waals surface area contributed by atoms with E-state index in [4.69, 9.17) is 0 Å². The number of aryl methyl sites for hydroxylation is 3. The molecule has 4 rings (SSSR count). The standard InChI is InChI=1S/C23H32N4O3S/c1-18-7-8-19(2)21(15-18)25-11-13-26(14-12-25)23(28)22-16-20(17-24(22)3)31(29,30)27-9-5-4-6-10-27/h7-8,15-17H,4-6,9-14H2,1-3H3. The lowest BCUT2D eigenvalue weighted by molar-refractivity contribution is 0.0737. The fourth-order valence-electron chi connectivity index (χ4n) is 4.51. The van der Waals surface area contributed by atoms with Crippen molar-refractivity contribution < 1.29 is 13.2 Å². The maximum absolute atomic E-state index is 13.2. The highest BCUT2D eigenvalue weighted by Gasteiger charge is 2.30. The molecule has 2 aliphatic rings. The van der Waals surface area contributed by atoms with Crippen LogP contribution < -0.4 is 4.90 Å². The predicted octanol–water partition coefficient (Wildman–Crippen LogP) is 2.78. The summed E-state index contributed by atoms with van der Waals surface area (Å²) in [6.07, 6.45) is 4.42. The Balaban J connectivity index is 1.46. The number of aromatic nitrogens is 1. The zero-order valence-electron chi connectivity index (χ0n) is 18.7. The third kappa shape index (κ3) is 4.36. The lowest BCUT2D eigenvalue weighted by Crippen LogP contribution is -2.49. The van der Waals surface area contributed by atoms with Gasteiger partial charge in [0.15, 0.2) is 0 Å². The predicted molar refractivity (Wildman–Crippen MR) is 122 cm³/mol. The number of nitrogens with zero attached hydrogens (tertiary/aromatic N) is 4. The van der Waals surface area contributed by atoms with E-state index in [0.29, 0.717) is 31.9 Å². The Morgan fingerprint density at radius 3 is 2.26 bits per heavy atom. The van der Waals surface area contributed by atoms with Crippen molar-refractivity contribution in [2.24, 2.45) is 7.05 Å². The number of carbonyl (C=O) groups excluding carboxylic acids is 1. The Hall–Kier alpha value is -2.32. The van der Waals surface area contributed by atoms with Crippen molar-refractivity contribution in [3.8, 4) is 0 Å². The molecular weight excluding hydrogens is 412 g/mol. The van der Waals surface area contributed by atoms with Crippen LogP contribution in [0.2, 0.25) is 0 Å². The summed E-state index contributed by atoms with van der Waals surface area (Å²) in [5.74, 6) is -0.108. The maximum Gasteiger partial charge on any atom is 0.270 e. The monoisotopic (exact) mass is 444 g/mol. The number of rotatable bonds is 4. The normalized spacial score (nSPS) is 18.4. The van der Waals surface area contributed by atoms with E-state index < -0.39 is 10.0 Å². The van der Waals surface area contributed by atoms with Gasteiger partial charge in [0.2, 0.25) is 10.0 Å². The molecule has 0 atom stereocenters. The Kier molecular flexibility index (Phi) is 6.12. The molecule has 168 valence electrons. The summed E-state index contributed by atoms with van der Waals surface area (Å²) in [7, 11) is -1.80. The minimum Gasteiger partial charge on any atom is -0.368 e. The number of anilines is 1. The van der Waals surface area contributed by atoms with E-state index >= 15 is 0 Å². The highest BCUT2D eigenvalue weighted by Crippen LogP contribution is 2.25. The molecule has 2 fully saturated rings. The van der Waals surface area contributed by atoms with Gasteiger partial charge in [-0.25, -0.2) is 8.42 Å². The van der Waals surface area contributed by atoms with Crippen molar-refractivity contribution >= 4 is 21.6 Å². The summed E-state index contributed by atoms with van der Waals surface area (Å²) in [4.78, 5) is 17.5. The van der Waals surface area contributed by atoms with Gasteiger partial charge in [0.05, 0.1) is 0 Å². The minimum atomic E-state index is -3.55. The molecule has 1 aromatic carbocycles. The van der Waals surface area contributed by atoms with Gasteiger partial charge < -0.3 is 14.4 Å². The molecule has 7 nitrogen and oxygen atoms in total. The second-order valence-corrected chi connectivity index (χ2v) is 10.6. The summed E-state index contributed by atoms with van der Waals surface area (Å²) in [6.45, 7) is 8.08. The van der Waals surface area contributed by atoms with E-state index in [9.17, 15) is 13.2 Å². The van der Waals surface area contributed by atoms with Crippen LogP contribution in [-0.4, -0.2) is 67.4 Å². The summed E-state index contributed by atoms with van der Waals surface area (Å²) in [5.41, 5.74) is 4.11. The summed E-state index contributed by atoms with van der Waals surface area (Å²) in [6, 6.07) is 7.99. The van der Waals surface area contributed by atoms with Crippen LogP contribution in [0.3, 0.4) is 0 Å². The molecule has 2 saturated heterocycles.